The lowest BCUT2D eigenvalue weighted by atomic mass is 10.1. The molecule has 0 aliphatic rings. The second-order valence-electron chi connectivity index (χ2n) is 3.30. The van der Waals surface area contributed by atoms with Gasteiger partial charge in [0.25, 0.3) is 0 Å². The monoisotopic (exact) mass is 316 g/mol. The zero-order valence-electron chi connectivity index (χ0n) is 8.63. The summed E-state index contributed by atoms with van der Waals surface area (Å²) >= 11 is 11.0. The summed E-state index contributed by atoms with van der Waals surface area (Å²) in [7, 11) is 0. The summed E-state index contributed by atoms with van der Waals surface area (Å²) in [6.45, 7) is 2.06. The van der Waals surface area contributed by atoms with Crippen molar-refractivity contribution in [1.29, 1.82) is 0 Å². The summed E-state index contributed by atoms with van der Waals surface area (Å²) in [6.07, 6.45) is 0.896. The first-order valence-electron chi connectivity index (χ1n) is 4.82. The number of anilines is 1. The van der Waals surface area contributed by atoms with Gasteiger partial charge in [-0.05, 0) is 24.6 Å². The van der Waals surface area contributed by atoms with Crippen LogP contribution in [0.15, 0.2) is 22.7 Å². The van der Waals surface area contributed by atoms with Gasteiger partial charge in [-0.15, -0.1) is 11.3 Å². The molecule has 0 bridgehead atoms. The number of halogens is 2. The molecule has 1 aromatic carbocycles. The average molecular weight is 318 g/mol. The molecule has 0 atom stereocenters. The lowest BCUT2D eigenvalue weighted by molar-refractivity contribution is 1.10. The molecule has 0 radical (unpaired) electrons. The summed E-state index contributed by atoms with van der Waals surface area (Å²) in [4.78, 5) is 4.51. The molecule has 0 saturated carbocycles. The summed E-state index contributed by atoms with van der Waals surface area (Å²) in [5.41, 5.74) is 7.72. The first kappa shape index (κ1) is 11.9. The topological polar surface area (TPSA) is 38.9 Å². The Morgan fingerprint density at radius 3 is 2.88 bits per heavy atom. The van der Waals surface area contributed by atoms with Crippen LogP contribution in [0.3, 0.4) is 0 Å². The van der Waals surface area contributed by atoms with Gasteiger partial charge in [0.2, 0.25) is 0 Å². The molecule has 2 rings (SSSR count). The molecule has 0 amide bonds. The third-order valence-electron chi connectivity index (χ3n) is 2.18. The molecule has 5 heteroatoms. The zero-order valence-corrected chi connectivity index (χ0v) is 11.8. The van der Waals surface area contributed by atoms with E-state index in [0.717, 1.165) is 32.2 Å². The molecular weight excluding hydrogens is 308 g/mol. The lowest BCUT2D eigenvalue weighted by Crippen LogP contribution is -1.87. The van der Waals surface area contributed by atoms with Gasteiger partial charge in [0.1, 0.15) is 10.7 Å². The van der Waals surface area contributed by atoms with Gasteiger partial charge in [-0.2, -0.15) is 0 Å². The summed E-state index contributed by atoms with van der Waals surface area (Å²) in [5, 5.41) is 2.46. The van der Waals surface area contributed by atoms with Gasteiger partial charge in [-0.3, -0.25) is 0 Å². The maximum absolute atomic E-state index is 5.97. The number of thiazole rings is 1. The smallest absolute Gasteiger partial charge is 0.114 e. The number of nitrogen functional groups attached to an aromatic ring is 1. The number of aryl methyl sites for hydroxylation is 1. The first-order valence-corrected chi connectivity index (χ1v) is 6.81. The van der Waals surface area contributed by atoms with Crippen molar-refractivity contribution in [3.8, 4) is 11.3 Å². The number of hydrogen-bond acceptors (Lipinski definition) is 3. The molecule has 16 heavy (non-hydrogen) atoms. The Morgan fingerprint density at radius 2 is 2.25 bits per heavy atom. The van der Waals surface area contributed by atoms with E-state index in [1.807, 2.05) is 18.2 Å². The Labute approximate surface area is 112 Å². The first-order chi connectivity index (χ1) is 7.61. The minimum atomic E-state index is 0.684. The van der Waals surface area contributed by atoms with E-state index in [1.54, 1.807) is 0 Å². The third-order valence-corrected chi connectivity index (χ3v) is 4.14. The molecule has 0 fully saturated rings. The molecule has 1 heterocycles. The maximum Gasteiger partial charge on any atom is 0.114 e. The number of nitrogens with zero attached hydrogens (tertiary/aromatic N) is 1. The Balaban J connectivity index is 2.57. The van der Waals surface area contributed by atoms with E-state index in [0.29, 0.717) is 5.02 Å². The summed E-state index contributed by atoms with van der Waals surface area (Å²) in [6, 6.07) is 5.61. The second kappa shape index (κ2) is 4.73. The van der Waals surface area contributed by atoms with Crippen LogP contribution in [-0.4, -0.2) is 4.98 Å². The Kier molecular flexibility index (Phi) is 3.52. The standard InChI is InChI=1S/C11H10BrClN2S/c1-2-9-15-10(11(14)16-9)7-5-6(13)3-4-8(7)12/h3-5H,2,14H2,1H3. The number of aromatic nitrogens is 1. The number of hydrogen-bond donors (Lipinski definition) is 1. The fourth-order valence-electron chi connectivity index (χ4n) is 1.40. The van der Waals surface area contributed by atoms with Crippen molar-refractivity contribution in [1.82, 2.24) is 4.98 Å². The average Bonchev–Trinajstić information content (AvgIpc) is 2.63. The van der Waals surface area contributed by atoms with Crippen LogP contribution in [0.25, 0.3) is 11.3 Å². The number of benzene rings is 1. The lowest BCUT2D eigenvalue weighted by Gasteiger charge is -2.02. The quantitative estimate of drug-likeness (QED) is 0.893. The van der Waals surface area contributed by atoms with Crippen molar-refractivity contribution in [2.24, 2.45) is 0 Å². The highest BCUT2D eigenvalue weighted by Crippen LogP contribution is 2.36. The van der Waals surface area contributed by atoms with E-state index in [4.69, 9.17) is 17.3 Å². The van der Waals surface area contributed by atoms with Crippen LogP contribution in [0, 0.1) is 0 Å². The minimum Gasteiger partial charge on any atom is -0.389 e. The predicted molar refractivity (Wildman–Crippen MR) is 74.1 cm³/mol. The highest BCUT2D eigenvalue weighted by molar-refractivity contribution is 9.10. The molecule has 0 aliphatic carbocycles. The van der Waals surface area contributed by atoms with Crippen LogP contribution in [0.1, 0.15) is 11.9 Å². The van der Waals surface area contributed by atoms with Crippen LogP contribution in [0.5, 0.6) is 0 Å². The Bertz CT molecular complexity index is 525. The van der Waals surface area contributed by atoms with Crippen molar-refractivity contribution >= 4 is 43.9 Å². The van der Waals surface area contributed by atoms with Gasteiger partial charge in [-0.25, -0.2) is 4.98 Å². The number of nitrogens with two attached hydrogens (primary N) is 1. The van der Waals surface area contributed by atoms with E-state index in [2.05, 4.69) is 27.8 Å². The molecule has 84 valence electrons. The maximum atomic E-state index is 5.97. The van der Waals surface area contributed by atoms with Crippen LogP contribution in [-0.2, 0) is 6.42 Å². The van der Waals surface area contributed by atoms with Crippen LogP contribution in [0.2, 0.25) is 5.02 Å². The molecule has 0 aliphatic heterocycles. The third kappa shape index (κ3) is 2.24. The molecular formula is C11H10BrClN2S. The zero-order chi connectivity index (χ0) is 11.7. The molecule has 2 aromatic rings. The fraction of sp³-hybridized carbons (Fsp3) is 0.182. The summed E-state index contributed by atoms with van der Waals surface area (Å²) in [5.74, 6) is 0. The van der Waals surface area contributed by atoms with E-state index in [-0.39, 0.29) is 0 Å². The van der Waals surface area contributed by atoms with Crippen molar-refractivity contribution in [3.63, 3.8) is 0 Å². The van der Waals surface area contributed by atoms with E-state index < -0.39 is 0 Å². The van der Waals surface area contributed by atoms with Gasteiger partial charge in [0.05, 0.1) is 5.01 Å². The SMILES string of the molecule is CCc1nc(-c2cc(Cl)ccc2Br)c(N)s1. The highest BCUT2D eigenvalue weighted by atomic mass is 79.9. The molecule has 2 N–H and O–H groups in total. The van der Waals surface area contributed by atoms with Gasteiger partial charge < -0.3 is 5.73 Å². The van der Waals surface area contributed by atoms with E-state index in [9.17, 15) is 0 Å². The van der Waals surface area contributed by atoms with Crippen molar-refractivity contribution < 1.29 is 0 Å². The minimum absolute atomic E-state index is 0.684. The Hall–Kier alpha value is -0.580. The highest BCUT2D eigenvalue weighted by Gasteiger charge is 2.12. The molecule has 2 nitrogen and oxygen atoms in total. The second-order valence-corrected chi connectivity index (χ2v) is 5.70. The normalized spacial score (nSPS) is 10.7. The molecule has 0 spiro atoms. The van der Waals surface area contributed by atoms with E-state index >= 15 is 0 Å². The van der Waals surface area contributed by atoms with Crippen molar-refractivity contribution in [2.45, 2.75) is 13.3 Å². The number of rotatable bonds is 2. The van der Waals surface area contributed by atoms with Crippen molar-refractivity contribution in [2.75, 3.05) is 5.73 Å². The molecule has 0 unspecified atom stereocenters. The van der Waals surface area contributed by atoms with E-state index in [1.165, 1.54) is 11.3 Å². The fourth-order valence-corrected chi connectivity index (χ4v) is 2.79. The van der Waals surface area contributed by atoms with Gasteiger partial charge >= 0.3 is 0 Å². The van der Waals surface area contributed by atoms with Gasteiger partial charge in [0, 0.05) is 15.1 Å². The van der Waals surface area contributed by atoms with Crippen LogP contribution in [0.4, 0.5) is 5.00 Å². The Morgan fingerprint density at radius 1 is 1.50 bits per heavy atom. The van der Waals surface area contributed by atoms with Crippen LogP contribution < -0.4 is 5.73 Å². The van der Waals surface area contributed by atoms with Crippen LogP contribution >= 0.6 is 38.9 Å². The van der Waals surface area contributed by atoms with Crippen molar-refractivity contribution in [3.05, 3.63) is 32.7 Å². The molecule has 1 aromatic heterocycles. The predicted octanol–water partition coefficient (Wildman–Crippen LogP) is 4.37. The van der Waals surface area contributed by atoms with Gasteiger partial charge in [-0.1, -0.05) is 34.5 Å². The summed E-state index contributed by atoms with van der Waals surface area (Å²) < 4.78 is 0.955. The largest absolute Gasteiger partial charge is 0.389 e. The van der Waals surface area contributed by atoms with Gasteiger partial charge in [0.15, 0.2) is 0 Å². The molecule has 0 saturated heterocycles.